The van der Waals surface area contributed by atoms with E-state index in [4.69, 9.17) is 5.73 Å². The van der Waals surface area contributed by atoms with Gasteiger partial charge in [0.15, 0.2) is 0 Å². The number of rotatable bonds is 3. The quantitative estimate of drug-likeness (QED) is 0.674. The van der Waals surface area contributed by atoms with E-state index in [9.17, 15) is 13.2 Å². The summed E-state index contributed by atoms with van der Waals surface area (Å²) in [7, 11) is 0. The fraction of sp³-hybridized carbons (Fsp3) is 0.200. The van der Waals surface area contributed by atoms with Crippen molar-refractivity contribution in [2.75, 3.05) is 5.73 Å². The number of hydrogen-bond acceptors (Lipinski definition) is 1. The predicted octanol–water partition coefficient (Wildman–Crippen LogP) is 3.13. The number of nitrogens with two attached hydrogens (primary N) is 1. The van der Waals surface area contributed by atoms with E-state index in [-0.39, 0.29) is 15.8 Å². The van der Waals surface area contributed by atoms with Crippen LogP contribution >= 0.6 is 0 Å². The molecule has 0 saturated heterocycles. The van der Waals surface area contributed by atoms with E-state index < -0.39 is 11.7 Å². The zero-order chi connectivity index (χ0) is 14.8. The van der Waals surface area contributed by atoms with E-state index in [2.05, 4.69) is 6.07 Å². The van der Waals surface area contributed by atoms with Gasteiger partial charge in [0.05, 0.1) is 0 Å². The standard InChI is InChI=1S/C15H14AsF3N/c1-10-8-13(6-7-14(10)20)16-9-11-2-4-12(5-3-11)15(17,18)19/h2-8H,9,20H2,1H3. The Morgan fingerprint density at radius 3 is 2.25 bits per heavy atom. The van der Waals surface area contributed by atoms with Gasteiger partial charge >= 0.3 is 122 Å². The second-order valence-electron chi connectivity index (χ2n) is 4.55. The molecular weight excluding hydrogens is 326 g/mol. The van der Waals surface area contributed by atoms with Crippen molar-refractivity contribution in [3.05, 3.63) is 59.2 Å². The number of hydrogen-bond donors (Lipinski definition) is 1. The molecule has 0 bridgehead atoms. The van der Waals surface area contributed by atoms with Crippen LogP contribution in [0.1, 0.15) is 16.7 Å². The van der Waals surface area contributed by atoms with E-state index in [1.54, 1.807) is 12.1 Å². The van der Waals surface area contributed by atoms with Gasteiger partial charge in [-0.05, 0) is 0 Å². The first-order valence-corrected chi connectivity index (χ1v) is 8.32. The minimum absolute atomic E-state index is 0.103. The second kappa shape index (κ2) is 5.92. The van der Waals surface area contributed by atoms with Crippen LogP contribution in [0.25, 0.3) is 0 Å². The average molecular weight is 340 g/mol. The van der Waals surface area contributed by atoms with Gasteiger partial charge in [-0.3, -0.25) is 0 Å². The molecule has 2 rings (SSSR count). The number of alkyl halides is 3. The fourth-order valence-electron chi connectivity index (χ4n) is 1.74. The van der Waals surface area contributed by atoms with Gasteiger partial charge in [-0.2, -0.15) is 0 Å². The summed E-state index contributed by atoms with van der Waals surface area (Å²) >= 11 is -0.103. The van der Waals surface area contributed by atoms with Gasteiger partial charge in [0.25, 0.3) is 0 Å². The molecule has 0 amide bonds. The predicted molar refractivity (Wildman–Crippen MR) is 76.1 cm³/mol. The first-order valence-electron chi connectivity index (χ1n) is 6.06. The van der Waals surface area contributed by atoms with Crippen LogP contribution in [0.2, 0.25) is 0 Å². The molecule has 1 radical (unpaired) electrons. The van der Waals surface area contributed by atoms with Crippen LogP contribution in [-0.2, 0) is 11.4 Å². The van der Waals surface area contributed by atoms with Crippen molar-refractivity contribution in [1.29, 1.82) is 0 Å². The summed E-state index contributed by atoms with van der Waals surface area (Å²) < 4.78 is 38.6. The van der Waals surface area contributed by atoms with E-state index in [1.807, 2.05) is 19.1 Å². The molecule has 20 heavy (non-hydrogen) atoms. The molecule has 0 unspecified atom stereocenters. The summed E-state index contributed by atoms with van der Waals surface area (Å²) in [5.41, 5.74) is 7.91. The topological polar surface area (TPSA) is 26.0 Å². The summed E-state index contributed by atoms with van der Waals surface area (Å²) in [6.45, 7) is 1.96. The van der Waals surface area contributed by atoms with Gasteiger partial charge in [-0.15, -0.1) is 0 Å². The van der Waals surface area contributed by atoms with Crippen molar-refractivity contribution >= 4 is 25.8 Å². The Hall–Kier alpha value is -1.41. The van der Waals surface area contributed by atoms with E-state index in [1.165, 1.54) is 4.35 Å². The molecule has 0 atom stereocenters. The zero-order valence-electron chi connectivity index (χ0n) is 10.9. The van der Waals surface area contributed by atoms with Crippen LogP contribution in [0.15, 0.2) is 42.5 Å². The number of aryl methyl sites for hydroxylation is 1. The van der Waals surface area contributed by atoms with Gasteiger partial charge in [0.2, 0.25) is 0 Å². The van der Waals surface area contributed by atoms with E-state index in [0.717, 1.165) is 34.2 Å². The summed E-state index contributed by atoms with van der Waals surface area (Å²) in [5, 5.41) is 0.804. The SMILES string of the molecule is Cc1cc([As]Cc2ccc(C(F)(F)F)cc2)ccc1N. The van der Waals surface area contributed by atoms with Crippen molar-refractivity contribution in [1.82, 2.24) is 0 Å². The third-order valence-corrected chi connectivity index (χ3v) is 5.43. The monoisotopic (exact) mass is 340 g/mol. The second-order valence-corrected chi connectivity index (χ2v) is 6.96. The van der Waals surface area contributed by atoms with Crippen molar-refractivity contribution in [3.63, 3.8) is 0 Å². The normalized spacial score (nSPS) is 12.2. The summed E-state index contributed by atoms with van der Waals surface area (Å²) in [5.74, 6) is 0. The van der Waals surface area contributed by atoms with Crippen LogP contribution in [-0.4, -0.2) is 15.8 Å². The first kappa shape index (κ1) is 15.0. The van der Waals surface area contributed by atoms with Crippen molar-refractivity contribution < 1.29 is 13.2 Å². The van der Waals surface area contributed by atoms with Gasteiger partial charge in [0.1, 0.15) is 0 Å². The first-order chi connectivity index (χ1) is 9.36. The number of benzene rings is 2. The van der Waals surface area contributed by atoms with Crippen LogP contribution in [0, 0.1) is 6.92 Å². The summed E-state index contributed by atoms with van der Waals surface area (Å²) in [6, 6.07) is 11.3. The third kappa shape index (κ3) is 3.80. The molecule has 0 aliphatic heterocycles. The number of anilines is 1. The molecule has 0 heterocycles. The van der Waals surface area contributed by atoms with E-state index in [0.29, 0.717) is 0 Å². The molecule has 0 aliphatic carbocycles. The molecule has 0 fully saturated rings. The fourth-order valence-corrected chi connectivity index (χ4v) is 3.92. The van der Waals surface area contributed by atoms with Gasteiger partial charge in [-0.25, -0.2) is 0 Å². The third-order valence-electron chi connectivity index (χ3n) is 2.98. The Balaban J connectivity index is 2.02. The van der Waals surface area contributed by atoms with Crippen molar-refractivity contribution in [2.45, 2.75) is 18.3 Å². The van der Waals surface area contributed by atoms with Gasteiger partial charge in [0, 0.05) is 0 Å². The molecule has 0 aromatic heterocycles. The Morgan fingerprint density at radius 1 is 1.05 bits per heavy atom. The van der Waals surface area contributed by atoms with Crippen molar-refractivity contribution in [3.8, 4) is 0 Å². The van der Waals surface area contributed by atoms with Gasteiger partial charge in [-0.1, -0.05) is 0 Å². The van der Waals surface area contributed by atoms with E-state index >= 15 is 0 Å². The summed E-state index contributed by atoms with van der Waals surface area (Å²) in [6.07, 6.45) is -4.26. The molecule has 2 aromatic rings. The number of nitrogen functional groups attached to an aromatic ring is 1. The Kier molecular flexibility index (Phi) is 4.44. The van der Waals surface area contributed by atoms with Crippen LogP contribution in [0.4, 0.5) is 18.9 Å². The van der Waals surface area contributed by atoms with Crippen molar-refractivity contribution in [2.24, 2.45) is 0 Å². The molecule has 105 valence electrons. The Bertz CT molecular complexity index is 591. The van der Waals surface area contributed by atoms with Crippen LogP contribution in [0.5, 0.6) is 0 Å². The molecular formula is C15H14AsF3N. The Morgan fingerprint density at radius 2 is 1.70 bits per heavy atom. The zero-order valence-corrected chi connectivity index (χ0v) is 12.8. The van der Waals surface area contributed by atoms with Crippen LogP contribution < -0.4 is 10.1 Å². The Labute approximate surface area is 122 Å². The number of halogens is 3. The minimum atomic E-state index is -4.26. The molecule has 0 aliphatic rings. The molecule has 2 aromatic carbocycles. The van der Waals surface area contributed by atoms with Crippen LogP contribution in [0.3, 0.4) is 0 Å². The summed E-state index contributed by atoms with van der Waals surface area (Å²) in [4.78, 5) is 0. The average Bonchev–Trinajstić information content (AvgIpc) is 2.40. The molecule has 0 spiro atoms. The molecule has 5 heteroatoms. The maximum absolute atomic E-state index is 12.4. The maximum atomic E-state index is 12.4. The molecule has 0 saturated carbocycles. The molecule has 1 nitrogen and oxygen atoms in total. The van der Waals surface area contributed by atoms with Gasteiger partial charge < -0.3 is 0 Å². The molecule has 2 N–H and O–H groups in total.